The van der Waals surface area contributed by atoms with Crippen LogP contribution in [-0.4, -0.2) is 28.3 Å². The number of amides is 1. The van der Waals surface area contributed by atoms with Gasteiger partial charge in [-0.1, -0.05) is 35.5 Å². The molecule has 1 saturated heterocycles. The van der Waals surface area contributed by atoms with Crippen LogP contribution in [0.1, 0.15) is 31.4 Å². The number of hydrogen-bond donors (Lipinski definition) is 1. The summed E-state index contributed by atoms with van der Waals surface area (Å²) >= 11 is 0. The lowest BCUT2D eigenvalue weighted by molar-refractivity contribution is -0.133. The van der Waals surface area contributed by atoms with E-state index in [1.807, 2.05) is 42.2 Å². The zero-order chi connectivity index (χ0) is 12.8. The van der Waals surface area contributed by atoms with E-state index in [4.69, 9.17) is 5.21 Å². The number of hydrogen-bond acceptors (Lipinski definition) is 3. The summed E-state index contributed by atoms with van der Waals surface area (Å²) in [6, 6.07) is 9.97. The van der Waals surface area contributed by atoms with Gasteiger partial charge in [0.25, 0.3) is 0 Å². The molecule has 4 heteroatoms. The average Bonchev–Trinajstić information content (AvgIpc) is 3.16. The van der Waals surface area contributed by atoms with Gasteiger partial charge in [0, 0.05) is 0 Å². The summed E-state index contributed by atoms with van der Waals surface area (Å²) in [6.07, 6.45) is 1.65. The van der Waals surface area contributed by atoms with Gasteiger partial charge < -0.3 is 10.1 Å². The molecule has 0 bridgehead atoms. The van der Waals surface area contributed by atoms with E-state index < -0.39 is 5.41 Å². The fourth-order valence-electron chi connectivity index (χ4n) is 2.76. The molecule has 1 aliphatic carbocycles. The Balaban J connectivity index is 1.89. The number of likely N-dealkylation sites (tertiary alicyclic amines) is 1. The highest BCUT2D eigenvalue weighted by Gasteiger charge is 2.61. The van der Waals surface area contributed by atoms with Crippen molar-refractivity contribution >= 4 is 11.6 Å². The summed E-state index contributed by atoms with van der Waals surface area (Å²) in [5.41, 5.74) is 1.29. The van der Waals surface area contributed by atoms with E-state index in [-0.39, 0.29) is 11.9 Å². The first-order chi connectivity index (χ1) is 8.69. The fraction of sp³-hybridized carbons (Fsp3) is 0.429. The van der Waals surface area contributed by atoms with Crippen LogP contribution >= 0.6 is 0 Å². The lowest BCUT2D eigenvalue weighted by Crippen LogP contribution is -2.30. The summed E-state index contributed by atoms with van der Waals surface area (Å²) in [6.45, 7) is 2.47. The van der Waals surface area contributed by atoms with Crippen LogP contribution < -0.4 is 0 Å². The molecule has 2 aliphatic rings. The quantitative estimate of drug-likeness (QED) is 0.640. The second-order valence-corrected chi connectivity index (χ2v) is 5.15. The van der Waals surface area contributed by atoms with Crippen molar-refractivity contribution in [3.8, 4) is 0 Å². The zero-order valence-corrected chi connectivity index (χ0v) is 10.3. The van der Waals surface area contributed by atoms with Crippen LogP contribution in [0.4, 0.5) is 0 Å². The Kier molecular flexibility index (Phi) is 2.40. The second-order valence-electron chi connectivity index (χ2n) is 5.15. The first-order valence-corrected chi connectivity index (χ1v) is 6.26. The Bertz CT molecular complexity index is 506. The smallest absolute Gasteiger partial charge is 0.235 e. The molecule has 1 atom stereocenters. The Morgan fingerprint density at radius 3 is 2.50 bits per heavy atom. The molecule has 1 saturated carbocycles. The van der Waals surface area contributed by atoms with Crippen LogP contribution in [0, 0.1) is 5.41 Å². The molecule has 0 aromatic heterocycles. The van der Waals surface area contributed by atoms with Gasteiger partial charge in [-0.3, -0.25) is 4.79 Å². The van der Waals surface area contributed by atoms with E-state index in [1.54, 1.807) is 0 Å². The minimum atomic E-state index is -0.461. The highest BCUT2D eigenvalue weighted by molar-refractivity contribution is 6.17. The van der Waals surface area contributed by atoms with Crippen molar-refractivity contribution in [1.29, 1.82) is 0 Å². The van der Waals surface area contributed by atoms with E-state index in [2.05, 4.69) is 5.16 Å². The van der Waals surface area contributed by atoms with Gasteiger partial charge in [0.05, 0.1) is 23.7 Å². The van der Waals surface area contributed by atoms with Crippen LogP contribution in [0.5, 0.6) is 0 Å². The highest BCUT2D eigenvalue weighted by Crippen LogP contribution is 2.53. The summed E-state index contributed by atoms with van der Waals surface area (Å²) in [5.74, 6) is 0.117. The van der Waals surface area contributed by atoms with Crippen molar-refractivity contribution in [2.75, 3.05) is 6.54 Å². The Morgan fingerprint density at radius 2 is 2.00 bits per heavy atom. The maximum absolute atomic E-state index is 12.4. The van der Waals surface area contributed by atoms with E-state index in [1.165, 1.54) is 0 Å². The molecule has 4 nitrogen and oxygen atoms in total. The van der Waals surface area contributed by atoms with Gasteiger partial charge in [0.15, 0.2) is 0 Å². The highest BCUT2D eigenvalue weighted by atomic mass is 16.4. The van der Waals surface area contributed by atoms with Crippen LogP contribution in [0.25, 0.3) is 0 Å². The van der Waals surface area contributed by atoms with Crippen molar-refractivity contribution in [3.05, 3.63) is 35.9 Å². The van der Waals surface area contributed by atoms with Crippen LogP contribution in [0.3, 0.4) is 0 Å². The zero-order valence-electron chi connectivity index (χ0n) is 10.3. The molecule has 3 rings (SSSR count). The minimum Gasteiger partial charge on any atom is -0.411 e. The lowest BCUT2D eigenvalue weighted by atomic mass is 10.0. The third-order valence-electron chi connectivity index (χ3n) is 4.16. The number of rotatable bonds is 2. The molecule has 1 spiro atoms. The average molecular weight is 244 g/mol. The van der Waals surface area contributed by atoms with E-state index in [0.717, 1.165) is 18.4 Å². The molecular formula is C14H16N2O2. The standard InChI is InChI=1S/C14H16N2O2/c1-10(11-5-3-2-4-6-11)16-9-12(15-18)14(7-8-14)13(16)17/h2-6,10,18H,7-9H2,1H3/b15-12+/t10-/m0/s1. The van der Waals surface area contributed by atoms with E-state index in [9.17, 15) is 4.79 Å². The fourth-order valence-corrected chi connectivity index (χ4v) is 2.76. The van der Waals surface area contributed by atoms with Crippen molar-refractivity contribution in [2.24, 2.45) is 10.6 Å². The number of benzene rings is 1. The predicted molar refractivity (Wildman–Crippen MR) is 67.5 cm³/mol. The number of carbonyl (C=O) groups excluding carboxylic acids is 1. The molecule has 1 heterocycles. The summed E-state index contributed by atoms with van der Waals surface area (Å²) in [4.78, 5) is 14.2. The molecule has 0 unspecified atom stereocenters. The Morgan fingerprint density at radius 1 is 1.33 bits per heavy atom. The monoisotopic (exact) mass is 244 g/mol. The third-order valence-corrected chi connectivity index (χ3v) is 4.16. The molecule has 1 N–H and O–H groups in total. The van der Waals surface area contributed by atoms with Crippen molar-refractivity contribution in [1.82, 2.24) is 4.90 Å². The molecule has 1 aromatic carbocycles. The largest absolute Gasteiger partial charge is 0.411 e. The molecule has 18 heavy (non-hydrogen) atoms. The first-order valence-electron chi connectivity index (χ1n) is 6.26. The SMILES string of the molecule is C[C@@H](c1ccccc1)N1C/C(=N\O)C2(CC2)C1=O. The van der Waals surface area contributed by atoms with Gasteiger partial charge in [-0.05, 0) is 25.3 Å². The first kappa shape index (κ1) is 11.3. The molecule has 1 aliphatic heterocycles. The maximum Gasteiger partial charge on any atom is 0.235 e. The van der Waals surface area contributed by atoms with Crippen molar-refractivity contribution < 1.29 is 10.0 Å². The van der Waals surface area contributed by atoms with E-state index in [0.29, 0.717) is 12.3 Å². The van der Waals surface area contributed by atoms with Crippen LogP contribution in [-0.2, 0) is 4.79 Å². The predicted octanol–water partition coefficient (Wildman–Crippen LogP) is 2.20. The van der Waals surface area contributed by atoms with Gasteiger partial charge >= 0.3 is 0 Å². The number of nitrogens with zero attached hydrogens (tertiary/aromatic N) is 2. The van der Waals surface area contributed by atoms with Gasteiger partial charge in [-0.15, -0.1) is 0 Å². The molecule has 0 radical (unpaired) electrons. The maximum atomic E-state index is 12.4. The minimum absolute atomic E-state index is 0.0235. The molecular weight excluding hydrogens is 228 g/mol. The van der Waals surface area contributed by atoms with Crippen molar-refractivity contribution in [3.63, 3.8) is 0 Å². The molecule has 2 fully saturated rings. The van der Waals surface area contributed by atoms with Crippen LogP contribution in [0.2, 0.25) is 0 Å². The van der Waals surface area contributed by atoms with Gasteiger partial charge in [-0.2, -0.15) is 0 Å². The van der Waals surface area contributed by atoms with Gasteiger partial charge in [0.1, 0.15) is 0 Å². The van der Waals surface area contributed by atoms with Crippen LogP contribution in [0.15, 0.2) is 35.5 Å². The second kappa shape index (κ2) is 3.83. The topological polar surface area (TPSA) is 52.9 Å². The third kappa shape index (κ3) is 1.45. The molecule has 1 aromatic rings. The number of carbonyl (C=O) groups is 1. The van der Waals surface area contributed by atoms with Gasteiger partial charge in [0.2, 0.25) is 5.91 Å². The number of oxime groups is 1. The Labute approximate surface area is 106 Å². The summed E-state index contributed by atoms with van der Waals surface area (Å²) in [5, 5.41) is 12.4. The van der Waals surface area contributed by atoms with Gasteiger partial charge in [-0.25, -0.2) is 0 Å². The van der Waals surface area contributed by atoms with Crippen molar-refractivity contribution in [2.45, 2.75) is 25.8 Å². The summed E-state index contributed by atoms with van der Waals surface area (Å²) < 4.78 is 0. The van der Waals surface area contributed by atoms with E-state index >= 15 is 0 Å². The molecule has 1 amide bonds. The molecule has 94 valence electrons. The summed E-state index contributed by atoms with van der Waals surface area (Å²) in [7, 11) is 0. The Hall–Kier alpha value is -1.84. The lowest BCUT2D eigenvalue weighted by Gasteiger charge is -2.24. The normalized spacial score (nSPS) is 24.8.